The van der Waals surface area contributed by atoms with Crippen molar-refractivity contribution >= 4 is 29.1 Å². The van der Waals surface area contributed by atoms with E-state index in [9.17, 15) is 4.79 Å². The van der Waals surface area contributed by atoms with Crippen molar-refractivity contribution in [3.8, 4) is 5.69 Å². The van der Waals surface area contributed by atoms with Crippen molar-refractivity contribution in [1.82, 2.24) is 24.6 Å². The van der Waals surface area contributed by atoms with Crippen LogP contribution in [0, 0.1) is 6.92 Å². The summed E-state index contributed by atoms with van der Waals surface area (Å²) < 4.78 is 1.67. The third kappa shape index (κ3) is 4.83. The number of carbonyl (C=O) groups is 1. The highest BCUT2D eigenvalue weighted by Crippen LogP contribution is 2.16. The lowest BCUT2D eigenvalue weighted by Gasteiger charge is -2.21. The summed E-state index contributed by atoms with van der Waals surface area (Å²) in [5, 5.41) is 5.85. The predicted octanol–water partition coefficient (Wildman–Crippen LogP) is 4.23. The minimum Gasteiger partial charge on any atom is -0.335 e. The zero-order chi connectivity index (χ0) is 21.1. The van der Waals surface area contributed by atoms with Gasteiger partial charge in [0.15, 0.2) is 0 Å². The summed E-state index contributed by atoms with van der Waals surface area (Å²) in [7, 11) is 0. The fourth-order valence-corrected chi connectivity index (χ4v) is 3.88. The standard InChI is InChI=1S/C22H23Cl2N5O/c1-16-25-21(26-29(16)20-9-7-19(24)8-10-20)22(30)28-12-2-11-27(13-14-28)15-17-3-5-18(23)6-4-17/h3-10H,2,11-15H2,1H3. The molecule has 1 fully saturated rings. The molecule has 0 unspecified atom stereocenters. The monoisotopic (exact) mass is 443 g/mol. The van der Waals surface area contributed by atoms with Crippen LogP contribution in [0.4, 0.5) is 0 Å². The molecule has 0 saturated carbocycles. The second-order valence-electron chi connectivity index (χ2n) is 7.42. The molecule has 0 spiro atoms. The molecule has 1 aliphatic rings. The quantitative estimate of drug-likeness (QED) is 0.605. The van der Waals surface area contributed by atoms with Gasteiger partial charge in [-0.15, -0.1) is 5.10 Å². The van der Waals surface area contributed by atoms with Crippen molar-refractivity contribution in [2.45, 2.75) is 19.9 Å². The van der Waals surface area contributed by atoms with E-state index in [-0.39, 0.29) is 11.7 Å². The Morgan fingerprint density at radius 1 is 0.933 bits per heavy atom. The van der Waals surface area contributed by atoms with Crippen molar-refractivity contribution in [2.24, 2.45) is 0 Å². The number of hydrogen-bond acceptors (Lipinski definition) is 4. The van der Waals surface area contributed by atoms with Crippen molar-refractivity contribution < 1.29 is 4.79 Å². The molecule has 1 aromatic heterocycles. The van der Waals surface area contributed by atoms with E-state index in [0.29, 0.717) is 23.9 Å². The number of nitrogens with zero attached hydrogens (tertiary/aromatic N) is 5. The lowest BCUT2D eigenvalue weighted by molar-refractivity contribution is 0.0749. The SMILES string of the molecule is Cc1nc(C(=O)N2CCCN(Cc3ccc(Cl)cc3)CC2)nn1-c1ccc(Cl)cc1. The molecule has 156 valence electrons. The Kier molecular flexibility index (Phi) is 6.37. The van der Waals surface area contributed by atoms with E-state index >= 15 is 0 Å². The van der Waals surface area contributed by atoms with Crippen LogP contribution in [0.3, 0.4) is 0 Å². The summed E-state index contributed by atoms with van der Waals surface area (Å²) >= 11 is 11.9. The van der Waals surface area contributed by atoms with Gasteiger partial charge in [-0.1, -0.05) is 35.3 Å². The van der Waals surface area contributed by atoms with E-state index in [1.807, 2.05) is 48.2 Å². The molecule has 0 bridgehead atoms. The van der Waals surface area contributed by atoms with E-state index in [0.717, 1.165) is 36.8 Å². The fourth-order valence-electron chi connectivity index (χ4n) is 3.63. The summed E-state index contributed by atoms with van der Waals surface area (Å²) in [6.45, 7) is 5.80. The van der Waals surface area contributed by atoms with Gasteiger partial charge in [0.1, 0.15) is 5.82 Å². The molecule has 0 atom stereocenters. The van der Waals surface area contributed by atoms with Gasteiger partial charge >= 0.3 is 0 Å². The molecular formula is C22H23Cl2N5O. The highest BCUT2D eigenvalue weighted by Gasteiger charge is 2.24. The molecule has 1 aliphatic heterocycles. The zero-order valence-corrected chi connectivity index (χ0v) is 18.3. The normalized spacial score (nSPS) is 15.2. The van der Waals surface area contributed by atoms with E-state index in [4.69, 9.17) is 23.2 Å². The van der Waals surface area contributed by atoms with Crippen molar-refractivity contribution in [3.05, 3.63) is 75.8 Å². The maximum Gasteiger partial charge on any atom is 0.293 e. The van der Waals surface area contributed by atoms with Gasteiger partial charge in [-0.3, -0.25) is 9.69 Å². The van der Waals surface area contributed by atoms with Crippen LogP contribution < -0.4 is 0 Å². The summed E-state index contributed by atoms with van der Waals surface area (Å²) in [5.41, 5.74) is 2.05. The topological polar surface area (TPSA) is 54.3 Å². The van der Waals surface area contributed by atoms with Gasteiger partial charge in [-0.25, -0.2) is 9.67 Å². The lowest BCUT2D eigenvalue weighted by Crippen LogP contribution is -2.35. The highest BCUT2D eigenvalue weighted by atomic mass is 35.5. The Morgan fingerprint density at radius 3 is 2.30 bits per heavy atom. The largest absolute Gasteiger partial charge is 0.335 e. The first-order valence-electron chi connectivity index (χ1n) is 9.95. The number of hydrogen-bond donors (Lipinski definition) is 0. The van der Waals surface area contributed by atoms with Crippen molar-refractivity contribution in [2.75, 3.05) is 26.2 Å². The minimum absolute atomic E-state index is 0.126. The fraction of sp³-hybridized carbons (Fsp3) is 0.318. The summed E-state index contributed by atoms with van der Waals surface area (Å²) in [5.74, 6) is 0.771. The second-order valence-corrected chi connectivity index (χ2v) is 8.29. The molecule has 0 radical (unpaired) electrons. The first-order valence-corrected chi connectivity index (χ1v) is 10.7. The van der Waals surface area contributed by atoms with Gasteiger partial charge in [-0.2, -0.15) is 0 Å². The Balaban J connectivity index is 1.42. The van der Waals surface area contributed by atoms with Gasteiger partial charge in [0.2, 0.25) is 5.82 Å². The highest BCUT2D eigenvalue weighted by molar-refractivity contribution is 6.30. The van der Waals surface area contributed by atoms with Crippen LogP contribution in [0.5, 0.6) is 0 Å². The molecule has 3 aromatic rings. The number of halogens is 2. The van der Waals surface area contributed by atoms with Crippen LogP contribution in [0.25, 0.3) is 5.69 Å². The smallest absolute Gasteiger partial charge is 0.293 e. The van der Waals surface area contributed by atoms with Gasteiger partial charge < -0.3 is 4.90 Å². The lowest BCUT2D eigenvalue weighted by atomic mass is 10.2. The van der Waals surface area contributed by atoms with Gasteiger partial charge in [0.25, 0.3) is 5.91 Å². The second kappa shape index (κ2) is 9.16. The van der Waals surface area contributed by atoms with E-state index in [2.05, 4.69) is 15.0 Å². The van der Waals surface area contributed by atoms with Gasteiger partial charge in [0, 0.05) is 42.8 Å². The Morgan fingerprint density at radius 2 is 1.60 bits per heavy atom. The molecule has 2 aromatic carbocycles. The summed E-state index contributed by atoms with van der Waals surface area (Å²) in [6.07, 6.45) is 0.913. The molecule has 0 aliphatic carbocycles. The number of aryl methyl sites for hydroxylation is 1. The maximum absolute atomic E-state index is 13.0. The Bertz CT molecular complexity index is 1020. The number of aromatic nitrogens is 3. The van der Waals surface area contributed by atoms with Crippen LogP contribution in [-0.4, -0.2) is 56.7 Å². The molecule has 2 heterocycles. The number of amides is 1. The number of carbonyl (C=O) groups excluding carboxylic acids is 1. The summed E-state index contributed by atoms with van der Waals surface area (Å²) in [6, 6.07) is 15.2. The van der Waals surface area contributed by atoms with Crippen LogP contribution in [0.15, 0.2) is 48.5 Å². The minimum atomic E-state index is -0.126. The molecule has 1 amide bonds. The molecule has 8 heteroatoms. The summed E-state index contributed by atoms with van der Waals surface area (Å²) in [4.78, 5) is 21.7. The van der Waals surface area contributed by atoms with E-state index in [1.54, 1.807) is 16.8 Å². The van der Waals surface area contributed by atoms with Crippen molar-refractivity contribution in [1.29, 1.82) is 0 Å². The first-order chi connectivity index (χ1) is 14.5. The Labute approximate surface area is 186 Å². The van der Waals surface area contributed by atoms with E-state index < -0.39 is 0 Å². The average Bonchev–Trinajstić information content (AvgIpc) is 2.98. The average molecular weight is 444 g/mol. The van der Waals surface area contributed by atoms with Crippen molar-refractivity contribution in [3.63, 3.8) is 0 Å². The predicted molar refractivity (Wildman–Crippen MR) is 118 cm³/mol. The number of benzene rings is 2. The van der Waals surface area contributed by atoms with Crippen LogP contribution in [0.1, 0.15) is 28.4 Å². The molecule has 1 saturated heterocycles. The van der Waals surface area contributed by atoms with Gasteiger partial charge in [-0.05, 0) is 55.3 Å². The molecule has 4 rings (SSSR count). The third-order valence-electron chi connectivity index (χ3n) is 5.23. The van der Waals surface area contributed by atoms with E-state index in [1.165, 1.54) is 5.56 Å². The zero-order valence-electron chi connectivity index (χ0n) is 16.8. The molecule has 30 heavy (non-hydrogen) atoms. The molecular weight excluding hydrogens is 421 g/mol. The first kappa shape index (κ1) is 20.8. The van der Waals surface area contributed by atoms with Gasteiger partial charge in [0.05, 0.1) is 5.69 Å². The Hall–Kier alpha value is -2.41. The maximum atomic E-state index is 13.0. The van der Waals surface area contributed by atoms with Crippen LogP contribution >= 0.6 is 23.2 Å². The molecule has 6 nitrogen and oxygen atoms in total. The number of rotatable bonds is 4. The van der Waals surface area contributed by atoms with Crippen LogP contribution in [-0.2, 0) is 6.54 Å². The van der Waals surface area contributed by atoms with Crippen LogP contribution in [0.2, 0.25) is 10.0 Å². The third-order valence-corrected chi connectivity index (χ3v) is 5.73. The molecule has 0 N–H and O–H groups in total.